The number of halogens is 2. The standard InChI is InChI=1S/C24H17F2N5O2/c25-19-10-16(3-4-18(19)12-27)17-5-6-21(20(26)11-17)31-22(28-29-24(31)33)9-14-7-8-30(13-14)23(32)15-1-2-15/h3-8,10-11,13,15H,1-2,9H2,(H,29,33). The second-order valence-corrected chi connectivity index (χ2v) is 7.97. The highest BCUT2D eigenvalue weighted by atomic mass is 19.1. The molecule has 0 amide bonds. The first kappa shape index (κ1) is 20.6. The van der Waals surface area contributed by atoms with E-state index in [1.54, 1.807) is 30.6 Å². The number of rotatable bonds is 5. The molecular formula is C24H17F2N5O2. The summed E-state index contributed by atoms with van der Waals surface area (Å²) in [4.78, 5) is 24.6. The van der Waals surface area contributed by atoms with E-state index in [0.717, 1.165) is 29.0 Å². The van der Waals surface area contributed by atoms with Crippen LogP contribution in [0.5, 0.6) is 0 Å². The lowest BCUT2D eigenvalue weighted by Gasteiger charge is -2.09. The first-order chi connectivity index (χ1) is 15.9. The maximum absolute atomic E-state index is 15.1. The number of carbonyl (C=O) groups is 1. The molecule has 0 spiro atoms. The molecule has 1 aliphatic rings. The van der Waals surface area contributed by atoms with Crippen LogP contribution in [0.4, 0.5) is 8.78 Å². The molecule has 0 saturated heterocycles. The van der Waals surface area contributed by atoms with Crippen LogP contribution in [0, 0.1) is 28.9 Å². The van der Waals surface area contributed by atoms with Crippen molar-refractivity contribution in [2.75, 3.05) is 0 Å². The molecule has 1 saturated carbocycles. The Balaban J connectivity index is 1.45. The predicted octanol–water partition coefficient (Wildman–Crippen LogP) is 3.82. The van der Waals surface area contributed by atoms with E-state index in [-0.39, 0.29) is 35.3 Å². The maximum Gasteiger partial charge on any atom is 0.348 e. The highest BCUT2D eigenvalue weighted by Crippen LogP contribution is 2.31. The van der Waals surface area contributed by atoms with Gasteiger partial charge in [0.15, 0.2) is 0 Å². The minimum atomic E-state index is -0.695. The zero-order valence-electron chi connectivity index (χ0n) is 17.3. The van der Waals surface area contributed by atoms with E-state index in [9.17, 15) is 14.0 Å². The average Bonchev–Trinajstić information content (AvgIpc) is 3.46. The molecule has 5 rings (SSSR count). The Labute approximate surface area is 186 Å². The number of benzene rings is 2. The summed E-state index contributed by atoms with van der Waals surface area (Å²) in [7, 11) is 0. The van der Waals surface area contributed by atoms with E-state index in [0.29, 0.717) is 11.1 Å². The molecule has 7 nitrogen and oxygen atoms in total. The largest absolute Gasteiger partial charge is 0.348 e. The van der Waals surface area contributed by atoms with Crippen LogP contribution in [0.15, 0.2) is 59.7 Å². The molecule has 4 aromatic rings. The highest BCUT2D eigenvalue weighted by Gasteiger charge is 2.30. The van der Waals surface area contributed by atoms with E-state index in [1.807, 2.05) is 0 Å². The van der Waals surface area contributed by atoms with Crippen LogP contribution in [-0.2, 0) is 6.42 Å². The monoisotopic (exact) mass is 445 g/mol. The summed E-state index contributed by atoms with van der Waals surface area (Å²) in [5.74, 6) is -0.983. The SMILES string of the molecule is N#Cc1ccc(-c2ccc(-n3c(Cc4ccn(C(=O)C5CC5)c4)n[nH]c3=O)c(F)c2)cc1F. The molecule has 0 bridgehead atoms. The van der Waals surface area contributed by atoms with Gasteiger partial charge in [-0.1, -0.05) is 12.1 Å². The lowest BCUT2D eigenvalue weighted by Crippen LogP contribution is -2.18. The summed E-state index contributed by atoms with van der Waals surface area (Å²) >= 11 is 0. The molecule has 2 aromatic heterocycles. The summed E-state index contributed by atoms with van der Waals surface area (Å²) in [5.41, 5.74) is 0.851. The number of nitrogens with one attached hydrogen (secondary N) is 1. The van der Waals surface area contributed by atoms with Crippen molar-refractivity contribution >= 4 is 5.91 Å². The Morgan fingerprint density at radius 2 is 1.85 bits per heavy atom. The molecule has 1 N–H and O–H groups in total. The summed E-state index contributed by atoms with van der Waals surface area (Å²) in [6, 6.07) is 11.7. The number of aromatic amines is 1. The molecule has 0 atom stereocenters. The van der Waals surface area contributed by atoms with Crippen molar-refractivity contribution in [2.45, 2.75) is 19.3 Å². The van der Waals surface area contributed by atoms with E-state index < -0.39 is 17.3 Å². The fourth-order valence-corrected chi connectivity index (χ4v) is 3.76. The van der Waals surface area contributed by atoms with Crippen molar-refractivity contribution in [3.05, 3.63) is 93.9 Å². The smallest absolute Gasteiger partial charge is 0.294 e. The normalized spacial score (nSPS) is 13.1. The third-order valence-corrected chi connectivity index (χ3v) is 5.65. The van der Waals surface area contributed by atoms with Crippen LogP contribution in [0.3, 0.4) is 0 Å². The summed E-state index contributed by atoms with van der Waals surface area (Å²) in [6.45, 7) is 0. The van der Waals surface area contributed by atoms with Gasteiger partial charge in [-0.15, -0.1) is 0 Å². The van der Waals surface area contributed by atoms with Gasteiger partial charge in [-0.05, 0) is 59.9 Å². The van der Waals surface area contributed by atoms with Crippen molar-refractivity contribution in [3.8, 4) is 22.9 Å². The number of nitriles is 1. The van der Waals surface area contributed by atoms with Crippen LogP contribution in [0.25, 0.3) is 16.8 Å². The van der Waals surface area contributed by atoms with Gasteiger partial charge in [0.05, 0.1) is 11.3 Å². The quantitative estimate of drug-likeness (QED) is 0.505. The molecule has 1 aliphatic carbocycles. The van der Waals surface area contributed by atoms with Gasteiger partial charge in [-0.3, -0.25) is 9.36 Å². The topological polar surface area (TPSA) is 96.5 Å². The van der Waals surface area contributed by atoms with E-state index in [1.165, 1.54) is 28.8 Å². The van der Waals surface area contributed by atoms with Crippen molar-refractivity contribution in [2.24, 2.45) is 5.92 Å². The first-order valence-corrected chi connectivity index (χ1v) is 10.3. The zero-order chi connectivity index (χ0) is 23.1. The number of H-pyrrole nitrogens is 1. The molecular weight excluding hydrogens is 428 g/mol. The fraction of sp³-hybridized carbons (Fsp3) is 0.167. The molecule has 164 valence electrons. The Morgan fingerprint density at radius 3 is 2.52 bits per heavy atom. The van der Waals surface area contributed by atoms with Gasteiger partial charge in [-0.25, -0.2) is 23.2 Å². The van der Waals surface area contributed by atoms with Gasteiger partial charge < -0.3 is 0 Å². The second-order valence-electron chi connectivity index (χ2n) is 7.97. The number of hydrogen-bond donors (Lipinski definition) is 1. The van der Waals surface area contributed by atoms with Crippen molar-refractivity contribution < 1.29 is 13.6 Å². The summed E-state index contributed by atoms with van der Waals surface area (Å²) in [5, 5.41) is 15.2. The molecule has 33 heavy (non-hydrogen) atoms. The van der Waals surface area contributed by atoms with Gasteiger partial charge >= 0.3 is 5.69 Å². The maximum atomic E-state index is 15.1. The number of nitrogens with zero attached hydrogens (tertiary/aromatic N) is 4. The zero-order valence-corrected chi connectivity index (χ0v) is 17.3. The Bertz CT molecular complexity index is 1490. The molecule has 0 radical (unpaired) electrons. The Kier molecular flexibility index (Phi) is 4.98. The fourth-order valence-electron chi connectivity index (χ4n) is 3.76. The lowest BCUT2D eigenvalue weighted by molar-refractivity contribution is 0.0886. The van der Waals surface area contributed by atoms with E-state index in [4.69, 9.17) is 5.26 Å². The minimum Gasteiger partial charge on any atom is -0.294 e. The van der Waals surface area contributed by atoms with E-state index in [2.05, 4.69) is 10.2 Å². The van der Waals surface area contributed by atoms with Crippen LogP contribution < -0.4 is 5.69 Å². The summed E-state index contributed by atoms with van der Waals surface area (Å²) in [6.07, 6.45) is 5.39. The van der Waals surface area contributed by atoms with Gasteiger partial charge in [0.2, 0.25) is 5.91 Å². The summed E-state index contributed by atoms with van der Waals surface area (Å²) < 4.78 is 31.7. The number of hydrogen-bond acceptors (Lipinski definition) is 4. The molecule has 1 fully saturated rings. The van der Waals surface area contributed by atoms with E-state index >= 15 is 4.39 Å². The van der Waals surface area contributed by atoms with Crippen molar-refractivity contribution in [1.29, 1.82) is 5.26 Å². The van der Waals surface area contributed by atoms with Crippen molar-refractivity contribution in [3.63, 3.8) is 0 Å². The van der Waals surface area contributed by atoms with Crippen LogP contribution in [-0.4, -0.2) is 25.2 Å². The van der Waals surface area contributed by atoms with Crippen LogP contribution >= 0.6 is 0 Å². The minimum absolute atomic E-state index is 0.00453. The Morgan fingerprint density at radius 1 is 1.12 bits per heavy atom. The third-order valence-electron chi connectivity index (χ3n) is 5.65. The van der Waals surface area contributed by atoms with Gasteiger partial charge in [0.1, 0.15) is 23.5 Å². The average molecular weight is 445 g/mol. The lowest BCUT2D eigenvalue weighted by atomic mass is 10.0. The molecule has 0 aliphatic heterocycles. The Hall–Kier alpha value is -4.32. The van der Waals surface area contributed by atoms with Gasteiger partial charge in [0.25, 0.3) is 0 Å². The number of aromatic nitrogens is 4. The third kappa shape index (κ3) is 3.87. The van der Waals surface area contributed by atoms with Crippen LogP contribution in [0.1, 0.15) is 34.6 Å². The van der Waals surface area contributed by atoms with Crippen molar-refractivity contribution in [1.82, 2.24) is 19.3 Å². The second kappa shape index (κ2) is 7.98. The molecule has 2 heterocycles. The molecule has 9 heteroatoms. The molecule has 2 aromatic carbocycles. The predicted molar refractivity (Wildman–Crippen MR) is 115 cm³/mol. The highest BCUT2D eigenvalue weighted by molar-refractivity contribution is 5.83. The first-order valence-electron chi connectivity index (χ1n) is 10.3. The molecule has 0 unspecified atom stereocenters. The van der Waals surface area contributed by atoms with Gasteiger partial charge in [-0.2, -0.15) is 10.4 Å². The van der Waals surface area contributed by atoms with Crippen LogP contribution in [0.2, 0.25) is 0 Å². The van der Waals surface area contributed by atoms with Gasteiger partial charge in [0, 0.05) is 24.7 Å². The number of carbonyl (C=O) groups excluding carboxylic acids is 1.